The van der Waals surface area contributed by atoms with Gasteiger partial charge in [-0.2, -0.15) is 0 Å². The number of benzene rings is 1. The monoisotopic (exact) mass is 249 g/mol. The van der Waals surface area contributed by atoms with Crippen LogP contribution in [0.2, 0.25) is 0 Å². The maximum atomic E-state index is 9.82. The number of nitrogens with one attached hydrogen (secondary N) is 1. The van der Waals surface area contributed by atoms with Gasteiger partial charge in [0.05, 0.1) is 0 Å². The Balaban J connectivity index is 1.97. The first-order valence-electron chi connectivity index (χ1n) is 6.81. The van der Waals surface area contributed by atoms with Gasteiger partial charge in [-0.05, 0) is 37.7 Å². The lowest BCUT2D eigenvalue weighted by Gasteiger charge is -2.42. The first-order chi connectivity index (χ1) is 8.56. The molecule has 0 spiro atoms. The Morgan fingerprint density at radius 2 is 2.06 bits per heavy atom. The summed E-state index contributed by atoms with van der Waals surface area (Å²) in [6, 6.07) is 4.90. The van der Waals surface area contributed by atoms with Crippen LogP contribution in [0.3, 0.4) is 0 Å². The number of phenols is 2. The molecule has 0 radical (unpaired) electrons. The Kier molecular flexibility index (Phi) is 3.81. The van der Waals surface area contributed by atoms with Gasteiger partial charge in [0.1, 0.15) is 11.5 Å². The Labute approximate surface area is 109 Å². The van der Waals surface area contributed by atoms with Crippen LogP contribution in [-0.4, -0.2) is 16.8 Å². The highest BCUT2D eigenvalue weighted by Gasteiger charge is 2.34. The van der Waals surface area contributed by atoms with Gasteiger partial charge in [-0.3, -0.25) is 0 Å². The van der Waals surface area contributed by atoms with E-state index in [0.29, 0.717) is 5.41 Å². The second-order valence-electron chi connectivity index (χ2n) is 5.55. The smallest absolute Gasteiger partial charge is 0.124 e. The SMILES string of the molecule is CCC1(CNC(C)c2ccc(O)cc2O)CCC1. The van der Waals surface area contributed by atoms with Crippen LogP contribution in [-0.2, 0) is 0 Å². The highest BCUT2D eigenvalue weighted by Crippen LogP contribution is 2.43. The summed E-state index contributed by atoms with van der Waals surface area (Å²) in [5.74, 6) is 0.265. The lowest BCUT2D eigenvalue weighted by molar-refractivity contribution is 0.120. The average Bonchev–Trinajstić information content (AvgIpc) is 2.27. The number of rotatable bonds is 5. The molecule has 0 aromatic heterocycles. The van der Waals surface area contributed by atoms with E-state index in [1.807, 2.05) is 6.92 Å². The summed E-state index contributed by atoms with van der Waals surface area (Å²) in [6.45, 7) is 5.31. The summed E-state index contributed by atoms with van der Waals surface area (Å²) in [6.07, 6.45) is 5.18. The minimum atomic E-state index is 0.104. The van der Waals surface area contributed by atoms with E-state index in [1.165, 1.54) is 31.7 Å². The van der Waals surface area contributed by atoms with Gasteiger partial charge >= 0.3 is 0 Å². The number of aromatic hydroxyl groups is 2. The maximum Gasteiger partial charge on any atom is 0.124 e. The normalized spacial score (nSPS) is 19.2. The molecule has 1 fully saturated rings. The van der Waals surface area contributed by atoms with Crippen molar-refractivity contribution in [3.63, 3.8) is 0 Å². The Hall–Kier alpha value is -1.22. The lowest BCUT2D eigenvalue weighted by Crippen LogP contribution is -2.40. The Bertz CT molecular complexity index is 407. The third-order valence-electron chi connectivity index (χ3n) is 4.43. The fourth-order valence-corrected chi connectivity index (χ4v) is 2.71. The zero-order chi connectivity index (χ0) is 13.2. The zero-order valence-electron chi connectivity index (χ0n) is 11.2. The van der Waals surface area contributed by atoms with Crippen molar-refractivity contribution in [2.75, 3.05) is 6.54 Å². The van der Waals surface area contributed by atoms with Crippen LogP contribution in [0.25, 0.3) is 0 Å². The van der Waals surface area contributed by atoms with Crippen LogP contribution in [0.1, 0.15) is 51.1 Å². The second kappa shape index (κ2) is 5.19. The van der Waals surface area contributed by atoms with E-state index in [0.717, 1.165) is 12.1 Å². The molecule has 1 unspecified atom stereocenters. The molecule has 0 heterocycles. The molecule has 0 aliphatic heterocycles. The van der Waals surface area contributed by atoms with E-state index in [1.54, 1.807) is 12.1 Å². The second-order valence-corrected chi connectivity index (χ2v) is 5.55. The highest BCUT2D eigenvalue weighted by molar-refractivity contribution is 5.40. The molecule has 100 valence electrons. The summed E-state index contributed by atoms with van der Waals surface area (Å²) in [5.41, 5.74) is 1.32. The number of hydrogen-bond acceptors (Lipinski definition) is 3. The molecule has 3 heteroatoms. The van der Waals surface area contributed by atoms with Crippen molar-refractivity contribution in [3.05, 3.63) is 23.8 Å². The molecule has 1 aromatic carbocycles. The van der Waals surface area contributed by atoms with Crippen LogP contribution in [0, 0.1) is 5.41 Å². The molecule has 1 aliphatic carbocycles. The Morgan fingerprint density at radius 3 is 2.56 bits per heavy atom. The highest BCUT2D eigenvalue weighted by atomic mass is 16.3. The molecule has 3 nitrogen and oxygen atoms in total. The zero-order valence-corrected chi connectivity index (χ0v) is 11.2. The first-order valence-corrected chi connectivity index (χ1v) is 6.81. The van der Waals surface area contributed by atoms with Gasteiger partial charge < -0.3 is 15.5 Å². The molecular formula is C15H23NO2. The average molecular weight is 249 g/mol. The summed E-state index contributed by atoms with van der Waals surface area (Å²) < 4.78 is 0. The molecule has 1 aliphatic rings. The molecule has 1 aromatic rings. The molecular weight excluding hydrogens is 226 g/mol. The van der Waals surface area contributed by atoms with Crippen LogP contribution in [0.5, 0.6) is 11.5 Å². The first kappa shape index (κ1) is 13.2. The molecule has 2 rings (SSSR count). The molecule has 3 N–H and O–H groups in total. The Morgan fingerprint density at radius 1 is 1.33 bits per heavy atom. The van der Waals surface area contributed by atoms with Gasteiger partial charge in [0.2, 0.25) is 0 Å². The van der Waals surface area contributed by atoms with Crippen molar-refractivity contribution < 1.29 is 10.2 Å². The predicted octanol–water partition coefficient (Wildman–Crippen LogP) is 3.33. The summed E-state index contributed by atoms with van der Waals surface area (Å²) in [5, 5.41) is 22.6. The van der Waals surface area contributed by atoms with Crippen molar-refractivity contribution in [1.82, 2.24) is 5.32 Å². The van der Waals surface area contributed by atoms with Gasteiger partial charge in [-0.25, -0.2) is 0 Å². The van der Waals surface area contributed by atoms with Crippen molar-refractivity contribution >= 4 is 0 Å². The molecule has 0 bridgehead atoms. The molecule has 1 saturated carbocycles. The number of phenolic OH excluding ortho intramolecular Hbond substituents is 2. The summed E-state index contributed by atoms with van der Waals surface area (Å²) >= 11 is 0. The minimum absolute atomic E-state index is 0.104. The molecule has 0 saturated heterocycles. The van der Waals surface area contributed by atoms with Gasteiger partial charge in [-0.15, -0.1) is 0 Å². The van der Waals surface area contributed by atoms with Gasteiger partial charge in [-0.1, -0.05) is 19.4 Å². The van der Waals surface area contributed by atoms with Crippen molar-refractivity contribution in [2.24, 2.45) is 5.41 Å². The van der Waals surface area contributed by atoms with E-state index in [4.69, 9.17) is 0 Å². The summed E-state index contributed by atoms with van der Waals surface area (Å²) in [7, 11) is 0. The summed E-state index contributed by atoms with van der Waals surface area (Å²) in [4.78, 5) is 0. The van der Waals surface area contributed by atoms with Crippen LogP contribution < -0.4 is 5.32 Å². The molecule has 0 amide bonds. The number of hydrogen-bond donors (Lipinski definition) is 3. The fraction of sp³-hybridized carbons (Fsp3) is 0.600. The van der Waals surface area contributed by atoms with Gasteiger partial charge in [0, 0.05) is 24.2 Å². The van der Waals surface area contributed by atoms with E-state index in [2.05, 4.69) is 12.2 Å². The predicted molar refractivity (Wildman–Crippen MR) is 72.8 cm³/mol. The third kappa shape index (κ3) is 2.61. The van der Waals surface area contributed by atoms with E-state index >= 15 is 0 Å². The quantitative estimate of drug-likeness (QED) is 0.750. The van der Waals surface area contributed by atoms with Crippen LogP contribution in [0.15, 0.2) is 18.2 Å². The van der Waals surface area contributed by atoms with Crippen LogP contribution in [0.4, 0.5) is 0 Å². The van der Waals surface area contributed by atoms with Gasteiger partial charge in [0.15, 0.2) is 0 Å². The van der Waals surface area contributed by atoms with Crippen molar-refractivity contribution in [1.29, 1.82) is 0 Å². The third-order valence-corrected chi connectivity index (χ3v) is 4.43. The molecule has 18 heavy (non-hydrogen) atoms. The minimum Gasteiger partial charge on any atom is -0.508 e. The van der Waals surface area contributed by atoms with E-state index in [9.17, 15) is 10.2 Å². The van der Waals surface area contributed by atoms with E-state index in [-0.39, 0.29) is 17.5 Å². The van der Waals surface area contributed by atoms with E-state index < -0.39 is 0 Å². The van der Waals surface area contributed by atoms with Crippen LogP contribution >= 0.6 is 0 Å². The van der Waals surface area contributed by atoms with Gasteiger partial charge in [0.25, 0.3) is 0 Å². The maximum absolute atomic E-state index is 9.82. The topological polar surface area (TPSA) is 52.5 Å². The lowest BCUT2D eigenvalue weighted by atomic mass is 9.67. The molecule has 1 atom stereocenters. The fourth-order valence-electron chi connectivity index (χ4n) is 2.71. The largest absolute Gasteiger partial charge is 0.508 e. The standard InChI is InChI=1S/C15H23NO2/c1-3-15(7-4-8-15)10-16-11(2)13-6-5-12(17)9-14(13)18/h5-6,9,11,16-18H,3-4,7-8,10H2,1-2H3. The van der Waals surface area contributed by atoms with Crippen molar-refractivity contribution in [2.45, 2.75) is 45.6 Å². The van der Waals surface area contributed by atoms with Crippen molar-refractivity contribution in [3.8, 4) is 11.5 Å².